The Hall–Kier alpha value is -0.610. The largest absolute Gasteiger partial charge is 0.465 e. The Bertz CT molecular complexity index is 275. The molecule has 4 nitrogen and oxygen atoms in total. The molecule has 0 spiro atoms. The van der Waals surface area contributed by atoms with Gasteiger partial charge in [0.05, 0.1) is 6.61 Å². The fourth-order valence-corrected chi connectivity index (χ4v) is 2.75. The molecule has 0 bridgehead atoms. The van der Waals surface area contributed by atoms with E-state index in [4.69, 9.17) is 4.74 Å². The van der Waals surface area contributed by atoms with Gasteiger partial charge in [-0.15, -0.1) is 0 Å². The number of carbonyl (C=O) groups excluding carboxylic acids is 1. The normalized spacial score (nSPS) is 18.4. The number of ether oxygens (including phenoxy) is 1. The average Bonchev–Trinajstić information content (AvgIpc) is 3.24. The summed E-state index contributed by atoms with van der Waals surface area (Å²) >= 11 is 0. The molecular weight excluding hydrogens is 240 g/mol. The van der Waals surface area contributed by atoms with Crippen LogP contribution in [0.15, 0.2) is 0 Å². The van der Waals surface area contributed by atoms with Crippen LogP contribution in [0.3, 0.4) is 0 Å². The number of esters is 1. The van der Waals surface area contributed by atoms with E-state index in [1.807, 2.05) is 6.92 Å². The highest BCUT2D eigenvalue weighted by Gasteiger charge is 2.50. The predicted molar refractivity (Wildman–Crippen MR) is 78.2 cm³/mol. The summed E-state index contributed by atoms with van der Waals surface area (Å²) in [5, 5.41) is 3.51. The third-order valence-corrected chi connectivity index (χ3v) is 4.23. The van der Waals surface area contributed by atoms with E-state index in [-0.39, 0.29) is 5.97 Å². The molecule has 0 aromatic heterocycles. The molecule has 4 heteroatoms. The third kappa shape index (κ3) is 4.18. The van der Waals surface area contributed by atoms with Crippen LogP contribution in [0.25, 0.3) is 0 Å². The molecule has 1 saturated carbocycles. The maximum atomic E-state index is 12.3. The van der Waals surface area contributed by atoms with Gasteiger partial charge < -0.3 is 15.0 Å². The van der Waals surface area contributed by atoms with Crippen molar-refractivity contribution < 1.29 is 9.53 Å². The minimum Gasteiger partial charge on any atom is -0.465 e. The molecule has 1 atom stereocenters. The van der Waals surface area contributed by atoms with Crippen LogP contribution in [-0.4, -0.2) is 49.2 Å². The molecule has 0 aromatic carbocycles. The topological polar surface area (TPSA) is 41.6 Å². The summed E-state index contributed by atoms with van der Waals surface area (Å²) < 4.78 is 5.29. The van der Waals surface area contributed by atoms with Crippen LogP contribution < -0.4 is 5.32 Å². The van der Waals surface area contributed by atoms with Crippen LogP contribution in [-0.2, 0) is 9.53 Å². The van der Waals surface area contributed by atoms with Crippen molar-refractivity contribution in [1.82, 2.24) is 10.2 Å². The van der Waals surface area contributed by atoms with Crippen molar-refractivity contribution in [2.75, 3.05) is 32.8 Å². The molecule has 0 saturated heterocycles. The molecule has 1 N–H and O–H groups in total. The quantitative estimate of drug-likeness (QED) is 0.617. The summed E-state index contributed by atoms with van der Waals surface area (Å²) in [7, 11) is 0. The highest BCUT2D eigenvalue weighted by Crippen LogP contribution is 2.42. The van der Waals surface area contributed by atoms with E-state index >= 15 is 0 Å². The predicted octanol–water partition coefficient (Wildman–Crippen LogP) is 2.04. The Morgan fingerprint density at radius 2 is 1.89 bits per heavy atom. The molecular formula is C15H30N2O2. The highest BCUT2D eigenvalue weighted by molar-refractivity contribution is 5.81. The number of likely N-dealkylation sites (N-methyl/N-ethyl adjacent to an activating group) is 1. The number of hydrogen-bond donors (Lipinski definition) is 1. The second kappa shape index (κ2) is 7.85. The van der Waals surface area contributed by atoms with Gasteiger partial charge in [0.15, 0.2) is 0 Å². The fourth-order valence-electron chi connectivity index (χ4n) is 2.75. The first-order valence-electron chi connectivity index (χ1n) is 7.79. The van der Waals surface area contributed by atoms with Crippen molar-refractivity contribution >= 4 is 5.97 Å². The van der Waals surface area contributed by atoms with Crippen molar-refractivity contribution in [3.8, 4) is 0 Å². The maximum absolute atomic E-state index is 12.3. The van der Waals surface area contributed by atoms with Gasteiger partial charge in [0.1, 0.15) is 5.54 Å². The zero-order valence-corrected chi connectivity index (χ0v) is 13.0. The molecule has 0 aromatic rings. The Morgan fingerprint density at radius 1 is 1.26 bits per heavy atom. The number of nitrogens with zero attached hydrogens (tertiary/aromatic N) is 1. The summed E-state index contributed by atoms with van der Waals surface area (Å²) in [6, 6.07) is 0. The zero-order chi connectivity index (χ0) is 14.3. The zero-order valence-electron chi connectivity index (χ0n) is 13.0. The number of nitrogens with one attached hydrogen (secondary N) is 1. The van der Waals surface area contributed by atoms with Gasteiger partial charge in [0.2, 0.25) is 0 Å². The van der Waals surface area contributed by atoms with Gasteiger partial charge in [-0.05, 0) is 45.2 Å². The van der Waals surface area contributed by atoms with Gasteiger partial charge in [-0.3, -0.25) is 4.79 Å². The van der Waals surface area contributed by atoms with E-state index in [0.29, 0.717) is 12.5 Å². The van der Waals surface area contributed by atoms with Crippen molar-refractivity contribution in [1.29, 1.82) is 0 Å². The molecule has 1 fully saturated rings. The average molecular weight is 270 g/mol. The molecule has 1 aliphatic rings. The summed E-state index contributed by atoms with van der Waals surface area (Å²) in [6.07, 6.45) is 3.10. The molecule has 112 valence electrons. The summed E-state index contributed by atoms with van der Waals surface area (Å²) in [5.74, 6) is 0.410. The lowest BCUT2D eigenvalue weighted by Gasteiger charge is -2.32. The minimum absolute atomic E-state index is 0.0560. The summed E-state index contributed by atoms with van der Waals surface area (Å²) in [4.78, 5) is 14.7. The van der Waals surface area contributed by atoms with E-state index in [2.05, 4.69) is 31.0 Å². The van der Waals surface area contributed by atoms with E-state index in [1.165, 1.54) is 0 Å². The van der Waals surface area contributed by atoms with E-state index in [9.17, 15) is 4.79 Å². The summed E-state index contributed by atoms with van der Waals surface area (Å²) in [5.41, 5.74) is -0.441. The number of rotatable bonds is 10. The number of hydrogen-bond acceptors (Lipinski definition) is 4. The van der Waals surface area contributed by atoms with Crippen molar-refractivity contribution in [2.45, 2.75) is 52.5 Å². The van der Waals surface area contributed by atoms with Crippen molar-refractivity contribution in [3.63, 3.8) is 0 Å². The third-order valence-electron chi connectivity index (χ3n) is 4.23. The molecule has 1 aliphatic carbocycles. The molecule has 0 radical (unpaired) electrons. The molecule has 0 heterocycles. The van der Waals surface area contributed by atoms with Crippen LogP contribution in [0.5, 0.6) is 0 Å². The van der Waals surface area contributed by atoms with Gasteiger partial charge >= 0.3 is 5.97 Å². The number of carbonyl (C=O) groups is 1. The van der Waals surface area contributed by atoms with Crippen LogP contribution >= 0.6 is 0 Å². The highest BCUT2D eigenvalue weighted by atomic mass is 16.5. The molecule has 0 aliphatic heterocycles. The van der Waals surface area contributed by atoms with Crippen molar-refractivity contribution in [3.05, 3.63) is 0 Å². The Morgan fingerprint density at radius 3 is 2.32 bits per heavy atom. The lowest BCUT2D eigenvalue weighted by molar-refractivity contribution is -0.152. The molecule has 0 amide bonds. The van der Waals surface area contributed by atoms with Crippen LogP contribution in [0, 0.1) is 5.92 Å². The summed E-state index contributed by atoms with van der Waals surface area (Å²) in [6.45, 7) is 12.7. The van der Waals surface area contributed by atoms with Crippen molar-refractivity contribution in [2.24, 2.45) is 5.92 Å². The lowest BCUT2D eigenvalue weighted by atomic mass is 9.90. The van der Waals surface area contributed by atoms with Gasteiger partial charge in [0, 0.05) is 13.1 Å². The minimum atomic E-state index is -0.441. The Labute approximate surface area is 117 Å². The second-order valence-corrected chi connectivity index (χ2v) is 5.27. The first kappa shape index (κ1) is 16.4. The first-order chi connectivity index (χ1) is 9.14. The molecule has 1 unspecified atom stereocenters. The van der Waals surface area contributed by atoms with Gasteiger partial charge in [-0.1, -0.05) is 20.8 Å². The molecule has 19 heavy (non-hydrogen) atoms. The van der Waals surface area contributed by atoms with Gasteiger partial charge in [0.25, 0.3) is 0 Å². The maximum Gasteiger partial charge on any atom is 0.326 e. The van der Waals surface area contributed by atoms with E-state index < -0.39 is 5.54 Å². The monoisotopic (exact) mass is 270 g/mol. The van der Waals surface area contributed by atoms with Gasteiger partial charge in [-0.25, -0.2) is 0 Å². The lowest BCUT2D eigenvalue weighted by Crippen LogP contribution is -2.56. The Kier molecular flexibility index (Phi) is 6.80. The second-order valence-electron chi connectivity index (χ2n) is 5.27. The smallest absolute Gasteiger partial charge is 0.326 e. The first-order valence-corrected chi connectivity index (χ1v) is 7.79. The van der Waals surface area contributed by atoms with E-state index in [1.54, 1.807) is 0 Å². The van der Waals surface area contributed by atoms with E-state index in [0.717, 1.165) is 45.4 Å². The fraction of sp³-hybridized carbons (Fsp3) is 0.933. The van der Waals surface area contributed by atoms with Gasteiger partial charge in [-0.2, -0.15) is 0 Å². The molecule has 1 rings (SSSR count). The van der Waals surface area contributed by atoms with Crippen LogP contribution in [0.1, 0.15) is 47.0 Å². The standard InChI is InChI=1S/C15H30N2O2/c1-5-15(13-9-10-13,14(18)19-8-4)16-11-12-17(6-2)7-3/h13,16H,5-12H2,1-4H3. The SMILES string of the molecule is CCOC(=O)C(CC)(NCCN(CC)CC)C1CC1. The van der Waals surface area contributed by atoms with Crippen LogP contribution in [0.2, 0.25) is 0 Å². The van der Waals surface area contributed by atoms with Crippen LogP contribution in [0.4, 0.5) is 0 Å². The Balaban J connectivity index is 2.57.